The third kappa shape index (κ3) is 9.03. The summed E-state index contributed by atoms with van der Waals surface area (Å²) < 4.78 is 53.9. The van der Waals surface area contributed by atoms with Gasteiger partial charge in [0.15, 0.2) is 0 Å². The van der Waals surface area contributed by atoms with E-state index in [0.717, 1.165) is 66.8 Å². The normalized spacial score (nSPS) is 11.5. The summed E-state index contributed by atoms with van der Waals surface area (Å²) in [6.07, 6.45) is 2.20. The van der Waals surface area contributed by atoms with Crippen molar-refractivity contribution < 1.29 is 32.6 Å². The first-order valence-corrected chi connectivity index (χ1v) is 19.8. The molecule has 0 atom stereocenters. The van der Waals surface area contributed by atoms with Crippen molar-refractivity contribution in [2.75, 3.05) is 6.16 Å². The van der Waals surface area contributed by atoms with E-state index < -0.39 is 7.60 Å². The van der Waals surface area contributed by atoms with Gasteiger partial charge in [0.25, 0.3) is 0 Å². The fraction of sp³-hybridized carbons (Fsp3) is 0.217. The molecule has 6 aromatic rings. The molecule has 6 rings (SSSR count). The Morgan fingerprint density at radius 3 is 1.26 bits per heavy atom. The molecule has 2 N–H and O–H groups in total. The Kier molecular flexibility index (Phi) is 11.6. The first kappa shape index (κ1) is 38.3. The maximum atomic E-state index is 14.3. The lowest BCUT2D eigenvalue weighted by Gasteiger charge is -2.23. The highest BCUT2D eigenvalue weighted by atomic mass is 31.2. The Morgan fingerprint density at radius 1 is 0.519 bits per heavy atom. The Bertz CT molecular complexity index is 2170. The van der Waals surface area contributed by atoms with Crippen LogP contribution in [0.5, 0.6) is 23.0 Å². The highest BCUT2D eigenvalue weighted by molar-refractivity contribution is 7.54. The molecule has 0 radical (unpaired) electrons. The van der Waals surface area contributed by atoms with Gasteiger partial charge in [-0.15, -0.1) is 0 Å². The highest BCUT2D eigenvalue weighted by Crippen LogP contribution is 2.50. The van der Waals surface area contributed by atoms with Crippen LogP contribution in [0.3, 0.4) is 0 Å². The summed E-state index contributed by atoms with van der Waals surface area (Å²) in [6.45, 7) is 9.75. The number of hydrogen-bond acceptors (Lipinski definition) is 5. The van der Waals surface area contributed by atoms with Crippen LogP contribution in [0.4, 0.5) is 8.78 Å². The fourth-order valence-corrected chi connectivity index (χ4v) is 8.05. The first-order valence-electron chi connectivity index (χ1n) is 18.1. The molecule has 0 bridgehead atoms. The van der Waals surface area contributed by atoms with Gasteiger partial charge in [-0.2, -0.15) is 0 Å². The molecule has 0 fully saturated rings. The molecule has 6 aromatic carbocycles. The number of phenols is 2. The highest BCUT2D eigenvalue weighted by Gasteiger charge is 2.28. The van der Waals surface area contributed by atoms with Gasteiger partial charge >= 0.3 is 7.60 Å². The van der Waals surface area contributed by atoms with Crippen LogP contribution in [0.25, 0.3) is 0 Å². The second-order valence-electron chi connectivity index (χ2n) is 14.0. The van der Waals surface area contributed by atoms with Crippen LogP contribution in [0, 0.1) is 39.3 Å². The van der Waals surface area contributed by atoms with E-state index in [4.69, 9.17) is 9.05 Å². The molecule has 5 nitrogen and oxygen atoms in total. The van der Waals surface area contributed by atoms with Gasteiger partial charge < -0.3 is 19.3 Å². The number of aromatic hydroxyl groups is 2. The Morgan fingerprint density at radius 2 is 0.889 bits per heavy atom. The predicted octanol–water partition coefficient (Wildman–Crippen LogP) is 11.6. The van der Waals surface area contributed by atoms with Crippen LogP contribution in [0.15, 0.2) is 109 Å². The maximum Gasteiger partial charge on any atom is 0.430 e. The van der Waals surface area contributed by atoms with E-state index in [2.05, 4.69) is 0 Å². The van der Waals surface area contributed by atoms with Crippen LogP contribution in [-0.4, -0.2) is 16.4 Å². The van der Waals surface area contributed by atoms with Gasteiger partial charge in [0.2, 0.25) is 0 Å². The molecule has 0 unspecified atom stereocenters. The minimum absolute atomic E-state index is 0.147. The smallest absolute Gasteiger partial charge is 0.430 e. The summed E-state index contributed by atoms with van der Waals surface area (Å²) >= 11 is 0. The van der Waals surface area contributed by atoms with Crippen LogP contribution in [-0.2, 0) is 30.2 Å². The third-order valence-electron chi connectivity index (χ3n) is 10.1. The van der Waals surface area contributed by atoms with E-state index in [1.807, 2.05) is 76.2 Å². The zero-order valence-corrected chi connectivity index (χ0v) is 32.1. The Hall–Kier alpha value is -5.39. The fourth-order valence-electron chi connectivity index (χ4n) is 6.76. The summed E-state index contributed by atoms with van der Waals surface area (Å²) in [4.78, 5) is 0. The van der Waals surface area contributed by atoms with Crippen molar-refractivity contribution in [3.05, 3.63) is 188 Å². The zero-order valence-electron chi connectivity index (χ0n) is 31.3. The minimum atomic E-state index is -3.67. The minimum Gasteiger partial charge on any atom is -0.508 e. The van der Waals surface area contributed by atoms with Gasteiger partial charge in [-0.1, -0.05) is 67.6 Å². The quantitative estimate of drug-likeness (QED) is 0.115. The van der Waals surface area contributed by atoms with E-state index >= 15 is 0 Å². The average Bonchev–Trinajstić information content (AvgIpc) is 3.15. The molecule has 0 heterocycles. The van der Waals surface area contributed by atoms with Crippen molar-refractivity contribution in [3.63, 3.8) is 0 Å². The second-order valence-corrected chi connectivity index (χ2v) is 16.2. The van der Waals surface area contributed by atoms with Gasteiger partial charge in [0.05, 0.1) is 6.16 Å². The SMILES string of the molecule is CCP(=O)(Oc1ccc(C)c(Cc2ccc(O)c(Cc3ccc(F)cc3)c2)c1C)Oc1ccc(C)c(Cc2ccc(O)c(Cc3ccc(F)cc3)c2)c1C. The van der Waals surface area contributed by atoms with Crippen molar-refractivity contribution in [2.24, 2.45) is 0 Å². The lowest BCUT2D eigenvalue weighted by molar-refractivity contribution is 0.385. The predicted molar refractivity (Wildman–Crippen MR) is 211 cm³/mol. The molecule has 54 heavy (non-hydrogen) atoms. The van der Waals surface area contributed by atoms with E-state index in [1.165, 1.54) is 24.3 Å². The molecule has 0 saturated heterocycles. The lowest BCUT2D eigenvalue weighted by atomic mass is 9.93. The molecule has 0 spiro atoms. The maximum absolute atomic E-state index is 14.3. The largest absolute Gasteiger partial charge is 0.508 e. The van der Waals surface area contributed by atoms with Crippen LogP contribution in [0.1, 0.15) is 73.7 Å². The Balaban J connectivity index is 1.21. The van der Waals surface area contributed by atoms with Gasteiger partial charge in [-0.25, -0.2) is 13.3 Å². The topological polar surface area (TPSA) is 76.0 Å². The lowest BCUT2D eigenvalue weighted by Crippen LogP contribution is -2.08. The summed E-state index contributed by atoms with van der Waals surface area (Å²) in [7, 11) is -3.67. The molecule has 0 aromatic heterocycles. The number of rotatable bonds is 13. The van der Waals surface area contributed by atoms with Gasteiger partial charge in [-0.3, -0.25) is 0 Å². The van der Waals surface area contributed by atoms with Crippen molar-refractivity contribution >= 4 is 7.60 Å². The second kappa shape index (κ2) is 16.3. The number of phenolic OH excluding ortho intramolecular Hbond substituents is 2. The summed E-state index contributed by atoms with van der Waals surface area (Å²) in [5, 5.41) is 21.2. The van der Waals surface area contributed by atoms with Gasteiger partial charge in [0.1, 0.15) is 34.6 Å². The molecule has 8 heteroatoms. The van der Waals surface area contributed by atoms with Gasteiger partial charge in [0, 0.05) is 12.8 Å². The third-order valence-corrected chi connectivity index (χ3v) is 11.8. The van der Waals surface area contributed by atoms with Crippen LogP contribution >= 0.6 is 7.60 Å². The molecular weight excluding hydrogens is 701 g/mol. The molecule has 278 valence electrons. The van der Waals surface area contributed by atoms with Crippen molar-refractivity contribution in [3.8, 4) is 23.0 Å². The Labute approximate surface area is 316 Å². The molecule has 0 aliphatic carbocycles. The molecule has 0 amide bonds. The van der Waals surface area contributed by atoms with Crippen LogP contribution in [0.2, 0.25) is 0 Å². The number of benzene rings is 6. The van der Waals surface area contributed by atoms with Crippen molar-refractivity contribution in [1.29, 1.82) is 0 Å². The zero-order chi connectivity index (χ0) is 38.6. The summed E-state index contributed by atoms with van der Waals surface area (Å²) in [5.41, 5.74) is 11.1. The molecule has 0 saturated carbocycles. The van der Waals surface area contributed by atoms with Crippen molar-refractivity contribution in [2.45, 2.75) is 60.3 Å². The van der Waals surface area contributed by atoms with Crippen molar-refractivity contribution in [1.82, 2.24) is 0 Å². The van der Waals surface area contributed by atoms with Gasteiger partial charge in [-0.05, 0) is 156 Å². The first-order chi connectivity index (χ1) is 25.8. The number of halogens is 2. The standard InChI is InChI=1S/C46H45F2O5P/c1-6-54(51,52-45-21-7-29(2)41(31(45)4)27-35-13-19-43(49)37(25-35)23-33-9-15-39(47)16-10-33)53-46-22-8-30(3)42(32(46)5)28-36-14-20-44(50)38(26-36)24-34-11-17-40(48)18-12-34/h7-22,25-26,49-50H,6,23-24,27-28H2,1-5H3. The summed E-state index contributed by atoms with van der Waals surface area (Å²) in [5.74, 6) is 0.713. The number of aryl methyl sites for hydroxylation is 2. The van der Waals surface area contributed by atoms with E-state index in [-0.39, 0.29) is 29.3 Å². The van der Waals surface area contributed by atoms with Crippen LogP contribution < -0.4 is 9.05 Å². The average molecular weight is 747 g/mol. The number of hydrogen-bond donors (Lipinski definition) is 2. The monoisotopic (exact) mass is 746 g/mol. The molecular formula is C46H45F2O5P. The van der Waals surface area contributed by atoms with E-state index in [0.29, 0.717) is 37.2 Å². The van der Waals surface area contributed by atoms with E-state index in [1.54, 1.807) is 43.3 Å². The summed E-state index contributed by atoms with van der Waals surface area (Å²) in [6, 6.07) is 31.2. The molecule has 0 aliphatic heterocycles. The van der Waals surface area contributed by atoms with E-state index in [9.17, 15) is 23.6 Å². The molecule has 0 aliphatic rings.